The third-order valence-electron chi connectivity index (χ3n) is 5.75. The van der Waals surface area contributed by atoms with Crippen LogP contribution >= 0.6 is 11.8 Å². The minimum Gasteiger partial charge on any atom is -0.322 e. The number of rotatable bonds is 6. The Labute approximate surface area is 178 Å². The quantitative estimate of drug-likeness (QED) is 0.586. The number of thioether (sulfide) groups is 1. The number of hydrogen-bond acceptors (Lipinski definition) is 3. The summed E-state index contributed by atoms with van der Waals surface area (Å²) in [5, 5.41) is 0.0720. The van der Waals surface area contributed by atoms with Gasteiger partial charge in [-0.2, -0.15) is 0 Å². The zero-order chi connectivity index (χ0) is 19.9. The second kappa shape index (κ2) is 10.1. The summed E-state index contributed by atoms with van der Waals surface area (Å²) in [7, 11) is 0. The van der Waals surface area contributed by atoms with Crippen molar-refractivity contribution in [2.75, 3.05) is 26.2 Å². The van der Waals surface area contributed by atoms with E-state index in [0.29, 0.717) is 0 Å². The van der Waals surface area contributed by atoms with Gasteiger partial charge in [-0.1, -0.05) is 85.3 Å². The van der Waals surface area contributed by atoms with Crippen LogP contribution in [-0.4, -0.2) is 41.9 Å². The first-order valence-corrected chi connectivity index (χ1v) is 11.7. The molecule has 2 aromatic carbocycles. The Balaban J connectivity index is 1.47. The summed E-state index contributed by atoms with van der Waals surface area (Å²) in [4.78, 5) is 18.8. The van der Waals surface area contributed by atoms with Crippen molar-refractivity contribution in [2.24, 2.45) is 0 Å². The molecule has 2 saturated heterocycles. The maximum absolute atomic E-state index is 13.3. The molecule has 4 rings (SSSR count). The number of likely N-dealkylation sites (tertiary alicyclic amines) is 1. The average molecular weight is 407 g/mol. The predicted molar refractivity (Wildman–Crippen MR) is 122 cm³/mol. The van der Waals surface area contributed by atoms with Gasteiger partial charge in [-0.05, 0) is 56.1 Å². The smallest absolute Gasteiger partial charge is 0.261 e. The summed E-state index contributed by atoms with van der Waals surface area (Å²) in [6.45, 7) is 4.33. The maximum Gasteiger partial charge on any atom is 0.261 e. The van der Waals surface area contributed by atoms with Gasteiger partial charge in [-0.3, -0.25) is 4.79 Å². The van der Waals surface area contributed by atoms with Crippen LogP contribution in [0, 0.1) is 0 Å². The molecule has 3 nitrogen and oxygen atoms in total. The summed E-state index contributed by atoms with van der Waals surface area (Å²) in [6, 6.07) is 20.6. The van der Waals surface area contributed by atoms with Crippen molar-refractivity contribution < 1.29 is 4.79 Å². The molecule has 2 heterocycles. The SMILES string of the molecule is O=C1/C(=C\c2ccccc2)SC(c2ccccc2)N1CCCN1CCCCCC1. The van der Waals surface area contributed by atoms with Crippen LogP contribution < -0.4 is 0 Å². The molecule has 0 aliphatic carbocycles. The van der Waals surface area contributed by atoms with E-state index in [4.69, 9.17) is 0 Å². The maximum atomic E-state index is 13.3. The second-order valence-electron chi connectivity index (χ2n) is 7.91. The van der Waals surface area contributed by atoms with E-state index in [0.717, 1.165) is 30.0 Å². The lowest BCUT2D eigenvalue weighted by Gasteiger charge is -2.26. The molecule has 2 aromatic rings. The van der Waals surface area contributed by atoms with E-state index in [9.17, 15) is 4.79 Å². The highest BCUT2D eigenvalue weighted by Gasteiger charge is 2.36. The van der Waals surface area contributed by atoms with E-state index < -0.39 is 0 Å². The van der Waals surface area contributed by atoms with Gasteiger partial charge in [0, 0.05) is 6.54 Å². The average Bonchev–Trinajstić information content (AvgIpc) is 2.92. The van der Waals surface area contributed by atoms with Crippen LogP contribution in [0.25, 0.3) is 6.08 Å². The number of hydrogen-bond donors (Lipinski definition) is 0. The van der Waals surface area contributed by atoms with Crippen LogP contribution in [0.2, 0.25) is 0 Å². The summed E-state index contributed by atoms with van der Waals surface area (Å²) >= 11 is 1.69. The van der Waals surface area contributed by atoms with Crippen LogP contribution in [0.15, 0.2) is 65.6 Å². The lowest BCUT2D eigenvalue weighted by Crippen LogP contribution is -2.32. The Morgan fingerprint density at radius 2 is 1.52 bits per heavy atom. The molecule has 2 fully saturated rings. The van der Waals surface area contributed by atoms with E-state index in [1.807, 2.05) is 30.3 Å². The van der Waals surface area contributed by atoms with Gasteiger partial charge in [0.25, 0.3) is 5.91 Å². The highest BCUT2D eigenvalue weighted by Crippen LogP contribution is 2.46. The minimum absolute atomic E-state index is 0.0720. The fourth-order valence-electron chi connectivity index (χ4n) is 4.19. The monoisotopic (exact) mass is 406 g/mol. The van der Waals surface area contributed by atoms with Crippen molar-refractivity contribution in [1.82, 2.24) is 9.80 Å². The van der Waals surface area contributed by atoms with Crippen LogP contribution in [0.1, 0.15) is 48.6 Å². The Kier molecular flexibility index (Phi) is 7.07. The highest BCUT2D eigenvalue weighted by molar-refractivity contribution is 8.04. The van der Waals surface area contributed by atoms with Crippen LogP contribution in [0.3, 0.4) is 0 Å². The zero-order valence-electron chi connectivity index (χ0n) is 17.0. The summed E-state index contributed by atoms with van der Waals surface area (Å²) in [5.74, 6) is 0.170. The highest BCUT2D eigenvalue weighted by atomic mass is 32.2. The standard InChI is InChI=1S/C25H30N2OS/c28-24-23(20-21-12-5-3-6-13-21)29-25(22-14-7-4-8-15-22)27(24)19-11-18-26-16-9-1-2-10-17-26/h3-8,12-15,20,25H,1-2,9-11,16-19H2/b23-20+. The third-order valence-corrected chi connectivity index (χ3v) is 7.04. The van der Waals surface area contributed by atoms with Gasteiger partial charge in [0.15, 0.2) is 0 Å². The van der Waals surface area contributed by atoms with Gasteiger partial charge in [0.1, 0.15) is 5.37 Å². The van der Waals surface area contributed by atoms with Gasteiger partial charge in [-0.25, -0.2) is 0 Å². The molecule has 1 unspecified atom stereocenters. The summed E-state index contributed by atoms with van der Waals surface area (Å²) < 4.78 is 0. The minimum atomic E-state index is 0.0720. The Bertz CT molecular complexity index is 813. The lowest BCUT2D eigenvalue weighted by molar-refractivity contribution is -0.126. The molecule has 0 aromatic heterocycles. The number of benzene rings is 2. The molecular weight excluding hydrogens is 376 g/mol. The molecule has 4 heteroatoms. The molecule has 1 amide bonds. The van der Waals surface area contributed by atoms with Crippen molar-refractivity contribution in [3.8, 4) is 0 Å². The van der Waals surface area contributed by atoms with E-state index in [-0.39, 0.29) is 11.3 Å². The van der Waals surface area contributed by atoms with E-state index >= 15 is 0 Å². The summed E-state index contributed by atoms with van der Waals surface area (Å²) in [5.41, 5.74) is 2.29. The first-order valence-electron chi connectivity index (χ1n) is 10.8. The van der Waals surface area contributed by atoms with Gasteiger partial charge < -0.3 is 9.80 Å². The zero-order valence-corrected chi connectivity index (χ0v) is 17.8. The fraction of sp³-hybridized carbons (Fsp3) is 0.400. The molecule has 0 bridgehead atoms. The van der Waals surface area contributed by atoms with Crippen LogP contribution in [0.4, 0.5) is 0 Å². The fourth-order valence-corrected chi connectivity index (χ4v) is 5.47. The summed E-state index contributed by atoms with van der Waals surface area (Å²) in [6.07, 6.45) is 8.43. The van der Waals surface area contributed by atoms with Gasteiger partial charge in [-0.15, -0.1) is 0 Å². The topological polar surface area (TPSA) is 23.6 Å². The van der Waals surface area contributed by atoms with E-state index in [2.05, 4.69) is 46.2 Å². The molecule has 152 valence electrons. The van der Waals surface area contributed by atoms with Gasteiger partial charge >= 0.3 is 0 Å². The predicted octanol–water partition coefficient (Wildman–Crippen LogP) is 5.57. The number of carbonyl (C=O) groups excluding carboxylic acids is 1. The molecule has 0 spiro atoms. The number of carbonyl (C=O) groups is 1. The molecule has 0 saturated carbocycles. The van der Waals surface area contributed by atoms with Crippen molar-refractivity contribution >= 4 is 23.7 Å². The molecule has 29 heavy (non-hydrogen) atoms. The van der Waals surface area contributed by atoms with Crippen molar-refractivity contribution in [2.45, 2.75) is 37.5 Å². The van der Waals surface area contributed by atoms with Crippen molar-refractivity contribution in [3.63, 3.8) is 0 Å². The first-order chi connectivity index (χ1) is 14.3. The number of nitrogens with zero attached hydrogens (tertiary/aromatic N) is 2. The van der Waals surface area contributed by atoms with Gasteiger partial charge in [0.2, 0.25) is 0 Å². The Hall–Kier alpha value is -2.04. The first kappa shape index (κ1) is 20.2. The van der Waals surface area contributed by atoms with Crippen LogP contribution in [0.5, 0.6) is 0 Å². The third kappa shape index (κ3) is 5.31. The van der Waals surface area contributed by atoms with Crippen molar-refractivity contribution in [3.05, 3.63) is 76.7 Å². The van der Waals surface area contributed by atoms with E-state index in [1.165, 1.54) is 44.3 Å². The van der Waals surface area contributed by atoms with E-state index in [1.54, 1.807) is 11.8 Å². The molecule has 2 aliphatic heterocycles. The van der Waals surface area contributed by atoms with Crippen molar-refractivity contribution in [1.29, 1.82) is 0 Å². The molecule has 0 radical (unpaired) electrons. The second-order valence-corrected chi connectivity index (χ2v) is 9.03. The molecule has 2 aliphatic rings. The molecule has 0 N–H and O–H groups in total. The molecular formula is C25H30N2OS. The van der Waals surface area contributed by atoms with Crippen LogP contribution in [-0.2, 0) is 4.79 Å². The normalized spacial score (nSPS) is 22.2. The Morgan fingerprint density at radius 3 is 2.21 bits per heavy atom. The largest absolute Gasteiger partial charge is 0.322 e. The van der Waals surface area contributed by atoms with Gasteiger partial charge in [0.05, 0.1) is 4.91 Å². The lowest BCUT2D eigenvalue weighted by atomic mass is 10.2. The molecule has 1 atom stereocenters. The Morgan fingerprint density at radius 1 is 0.862 bits per heavy atom. The number of amides is 1.